The number of aliphatic hydroxyl groups excluding tert-OH is 1. The summed E-state index contributed by atoms with van der Waals surface area (Å²) in [7, 11) is 1.87. The minimum absolute atomic E-state index is 0.149. The van der Waals surface area contributed by atoms with Crippen LogP contribution in [0.1, 0.15) is 37.8 Å². The van der Waals surface area contributed by atoms with E-state index in [2.05, 4.69) is 36.1 Å². The first-order valence-electron chi connectivity index (χ1n) is 8.71. The third-order valence-electron chi connectivity index (χ3n) is 4.86. The molecule has 0 saturated carbocycles. The summed E-state index contributed by atoms with van der Waals surface area (Å²) in [5.41, 5.74) is 2.48. The van der Waals surface area contributed by atoms with Gasteiger partial charge >= 0.3 is 0 Å². The van der Waals surface area contributed by atoms with Crippen molar-refractivity contribution in [3.8, 4) is 0 Å². The average molecular weight is 318 g/mol. The summed E-state index contributed by atoms with van der Waals surface area (Å²) < 4.78 is 0. The van der Waals surface area contributed by atoms with Crippen LogP contribution in [0.25, 0.3) is 0 Å². The van der Waals surface area contributed by atoms with Crippen LogP contribution in [0.2, 0.25) is 0 Å². The Morgan fingerprint density at radius 1 is 1.35 bits per heavy atom. The largest absolute Gasteiger partial charge is 0.393 e. The molecule has 1 aliphatic rings. The lowest BCUT2D eigenvalue weighted by Gasteiger charge is -2.34. The first-order valence-corrected chi connectivity index (χ1v) is 8.71. The van der Waals surface area contributed by atoms with E-state index in [9.17, 15) is 9.90 Å². The van der Waals surface area contributed by atoms with E-state index in [0.717, 1.165) is 32.4 Å². The van der Waals surface area contributed by atoms with Gasteiger partial charge < -0.3 is 10.0 Å². The second kappa shape index (κ2) is 8.46. The van der Waals surface area contributed by atoms with E-state index in [4.69, 9.17) is 0 Å². The van der Waals surface area contributed by atoms with E-state index in [1.807, 2.05) is 14.0 Å². The molecule has 4 nitrogen and oxygen atoms in total. The Bertz CT molecular complexity index is 499. The Hall–Kier alpha value is -1.39. The Morgan fingerprint density at radius 3 is 2.61 bits per heavy atom. The quantitative estimate of drug-likeness (QED) is 0.875. The second-order valence-corrected chi connectivity index (χ2v) is 6.80. The third kappa shape index (κ3) is 5.33. The molecule has 1 amide bonds. The molecule has 1 saturated heterocycles. The molecule has 1 aliphatic heterocycles. The number of aryl methyl sites for hydroxylation is 1. The van der Waals surface area contributed by atoms with Gasteiger partial charge in [-0.15, -0.1) is 0 Å². The van der Waals surface area contributed by atoms with Crippen molar-refractivity contribution in [1.29, 1.82) is 0 Å². The summed E-state index contributed by atoms with van der Waals surface area (Å²) in [4.78, 5) is 16.4. The zero-order chi connectivity index (χ0) is 16.8. The monoisotopic (exact) mass is 318 g/mol. The van der Waals surface area contributed by atoms with Gasteiger partial charge in [-0.1, -0.05) is 31.2 Å². The van der Waals surface area contributed by atoms with Gasteiger partial charge in [-0.2, -0.15) is 0 Å². The van der Waals surface area contributed by atoms with Crippen LogP contribution < -0.4 is 0 Å². The number of rotatable bonds is 6. The zero-order valence-corrected chi connectivity index (χ0v) is 14.7. The molecule has 0 spiro atoms. The molecule has 2 unspecified atom stereocenters. The molecule has 1 aromatic carbocycles. The van der Waals surface area contributed by atoms with Crippen molar-refractivity contribution in [2.45, 2.75) is 45.8 Å². The topological polar surface area (TPSA) is 43.8 Å². The molecule has 128 valence electrons. The van der Waals surface area contributed by atoms with Crippen LogP contribution in [0, 0.1) is 5.92 Å². The summed E-state index contributed by atoms with van der Waals surface area (Å²) in [6.07, 6.45) is 2.87. The maximum Gasteiger partial charge on any atom is 0.236 e. The van der Waals surface area contributed by atoms with Crippen molar-refractivity contribution in [3.05, 3.63) is 35.4 Å². The lowest BCUT2D eigenvalue weighted by atomic mass is 9.93. The van der Waals surface area contributed by atoms with Gasteiger partial charge in [0.25, 0.3) is 0 Å². The lowest BCUT2D eigenvalue weighted by Crippen LogP contribution is -2.44. The fourth-order valence-electron chi connectivity index (χ4n) is 3.18. The lowest BCUT2D eigenvalue weighted by molar-refractivity contribution is -0.132. The summed E-state index contributed by atoms with van der Waals surface area (Å²) in [5.74, 6) is 0.444. The van der Waals surface area contributed by atoms with Crippen LogP contribution in [-0.2, 0) is 17.8 Å². The number of likely N-dealkylation sites (N-methyl/N-ethyl adjacent to an activating group) is 1. The highest BCUT2D eigenvalue weighted by Gasteiger charge is 2.25. The number of nitrogens with zero attached hydrogens (tertiary/aromatic N) is 2. The molecule has 1 fully saturated rings. The van der Waals surface area contributed by atoms with Gasteiger partial charge in [-0.05, 0) is 49.8 Å². The van der Waals surface area contributed by atoms with Gasteiger partial charge in [0.1, 0.15) is 0 Å². The van der Waals surface area contributed by atoms with Crippen LogP contribution in [0.4, 0.5) is 0 Å². The molecule has 1 aromatic rings. The summed E-state index contributed by atoms with van der Waals surface area (Å²) >= 11 is 0. The normalized spacial score (nSPS) is 20.3. The maximum absolute atomic E-state index is 12.4. The maximum atomic E-state index is 12.4. The molecular weight excluding hydrogens is 288 g/mol. The number of amides is 1. The van der Waals surface area contributed by atoms with Gasteiger partial charge in [0.15, 0.2) is 0 Å². The summed E-state index contributed by atoms with van der Waals surface area (Å²) in [6.45, 7) is 6.87. The number of benzene rings is 1. The van der Waals surface area contributed by atoms with E-state index < -0.39 is 0 Å². The molecule has 2 rings (SSSR count). The number of carbonyl (C=O) groups is 1. The van der Waals surface area contributed by atoms with E-state index in [0.29, 0.717) is 19.0 Å². The summed E-state index contributed by atoms with van der Waals surface area (Å²) in [5, 5.41) is 9.75. The fourth-order valence-corrected chi connectivity index (χ4v) is 3.18. The highest BCUT2D eigenvalue weighted by Crippen LogP contribution is 2.19. The predicted octanol–water partition coefficient (Wildman–Crippen LogP) is 2.30. The molecule has 0 aliphatic carbocycles. The fraction of sp³-hybridized carbons (Fsp3) is 0.632. The molecule has 4 heteroatoms. The van der Waals surface area contributed by atoms with Gasteiger partial charge in [0, 0.05) is 20.1 Å². The van der Waals surface area contributed by atoms with Crippen molar-refractivity contribution < 1.29 is 9.90 Å². The van der Waals surface area contributed by atoms with Crippen molar-refractivity contribution >= 4 is 5.91 Å². The van der Waals surface area contributed by atoms with E-state index in [1.165, 1.54) is 11.1 Å². The first kappa shape index (κ1) is 18.0. The average Bonchev–Trinajstić information content (AvgIpc) is 2.55. The number of piperidine rings is 1. The van der Waals surface area contributed by atoms with Crippen LogP contribution in [0.15, 0.2) is 24.3 Å². The molecular formula is C19H30N2O2. The van der Waals surface area contributed by atoms with Crippen molar-refractivity contribution in [3.63, 3.8) is 0 Å². The van der Waals surface area contributed by atoms with Crippen LogP contribution in [-0.4, -0.2) is 53.6 Å². The van der Waals surface area contributed by atoms with Crippen LogP contribution in [0.5, 0.6) is 0 Å². The Balaban J connectivity index is 1.84. The van der Waals surface area contributed by atoms with Gasteiger partial charge in [-0.3, -0.25) is 9.69 Å². The standard InChI is InChI=1S/C19H30N2O2/c1-4-16-7-9-17(10-8-16)12-20(3)19(23)14-21-11-5-6-18(13-21)15(2)22/h7-10,15,18,22H,4-6,11-14H2,1-3H3. The highest BCUT2D eigenvalue weighted by atomic mass is 16.3. The highest BCUT2D eigenvalue weighted by molar-refractivity contribution is 5.78. The number of hydrogen-bond donors (Lipinski definition) is 1. The van der Waals surface area contributed by atoms with Gasteiger partial charge in [0.05, 0.1) is 12.6 Å². The zero-order valence-electron chi connectivity index (χ0n) is 14.7. The molecule has 0 bridgehead atoms. The molecule has 0 radical (unpaired) electrons. The molecule has 0 aromatic heterocycles. The van der Waals surface area contributed by atoms with Gasteiger partial charge in [0.2, 0.25) is 5.91 Å². The second-order valence-electron chi connectivity index (χ2n) is 6.80. The SMILES string of the molecule is CCc1ccc(CN(C)C(=O)CN2CCCC(C(C)O)C2)cc1. The summed E-state index contributed by atoms with van der Waals surface area (Å²) in [6, 6.07) is 8.47. The van der Waals surface area contributed by atoms with Crippen molar-refractivity contribution in [2.24, 2.45) is 5.92 Å². The molecule has 23 heavy (non-hydrogen) atoms. The number of carbonyl (C=O) groups excluding carboxylic acids is 1. The van der Waals surface area contributed by atoms with E-state index in [1.54, 1.807) is 4.90 Å². The number of aliphatic hydroxyl groups is 1. The Morgan fingerprint density at radius 2 is 2.00 bits per heavy atom. The first-order chi connectivity index (χ1) is 11.0. The Kier molecular flexibility index (Phi) is 6.60. The molecule has 1 heterocycles. The van der Waals surface area contributed by atoms with Crippen molar-refractivity contribution in [2.75, 3.05) is 26.7 Å². The van der Waals surface area contributed by atoms with Crippen LogP contribution >= 0.6 is 0 Å². The van der Waals surface area contributed by atoms with Crippen molar-refractivity contribution in [1.82, 2.24) is 9.80 Å². The molecule has 2 atom stereocenters. The molecule has 1 N–H and O–H groups in total. The third-order valence-corrected chi connectivity index (χ3v) is 4.86. The van der Waals surface area contributed by atoms with Crippen LogP contribution in [0.3, 0.4) is 0 Å². The van der Waals surface area contributed by atoms with Gasteiger partial charge in [-0.25, -0.2) is 0 Å². The predicted molar refractivity (Wildman–Crippen MR) is 93.1 cm³/mol. The number of hydrogen-bond acceptors (Lipinski definition) is 3. The smallest absolute Gasteiger partial charge is 0.236 e. The Labute approximate surface area is 140 Å². The minimum Gasteiger partial charge on any atom is -0.393 e. The number of likely N-dealkylation sites (tertiary alicyclic amines) is 1. The van der Waals surface area contributed by atoms with E-state index >= 15 is 0 Å². The van der Waals surface area contributed by atoms with E-state index in [-0.39, 0.29) is 12.0 Å². The minimum atomic E-state index is -0.289.